The van der Waals surface area contributed by atoms with Crippen LogP contribution in [0.4, 0.5) is 0 Å². The predicted octanol–water partition coefficient (Wildman–Crippen LogP) is 4.54. The van der Waals surface area contributed by atoms with E-state index in [-0.39, 0.29) is 11.2 Å². The minimum atomic E-state index is -0.309. The van der Waals surface area contributed by atoms with Crippen LogP contribution >= 0.6 is 11.6 Å². The maximum absolute atomic E-state index is 12.2. The molecule has 0 bridgehead atoms. The smallest absolute Gasteiger partial charge is 0.164 e. The Labute approximate surface area is 118 Å². The molecule has 1 aliphatic rings. The fraction of sp³-hybridized carbons (Fsp3) is 0.235. The second-order valence-corrected chi connectivity index (χ2v) is 5.87. The molecule has 1 aliphatic carbocycles. The lowest BCUT2D eigenvalue weighted by Crippen LogP contribution is -2.21. The van der Waals surface area contributed by atoms with Gasteiger partial charge in [-0.15, -0.1) is 0 Å². The van der Waals surface area contributed by atoms with Crippen LogP contribution in [0.5, 0.6) is 0 Å². The second kappa shape index (κ2) is 4.21. The monoisotopic (exact) mass is 270 g/mol. The topological polar surface area (TPSA) is 17.1 Å². The van der Waals surface area contributed by atoms with Crippen molar-refractivity contribution in [2.75, 3.05) is 0 Å². The van der Waals surface area contributed by atoms with Crippen molar-refractivity contribution in [2.45, 2.75) is 25.7 Å². The van der Waals surface area contributed by atoms with Gasteiger partial charge in [-0.1, -0.05) is 60.5 Å². The molecule has 19 heavy (non-hydrogen) atoms. The number of carbonyl (C=O) groups excluding carboxylic acids is 1. The van der Waals surface area contributed by atoms with Gasteiger partial charge in [0.1, 0.15) is 0 Å². The van der Waals surface area contributed by atoms with Gasteiger partial charge in [0.15, 0.2) is 5.78 Å². The molecule has 0 saturated heterocycles. The molecule has 0 N–H and O–H groups in total. The molecule has 3 rings (SSSR count). The van der Waals surface area contributed by atoms with E-state index in [1.807, 2.05) is 43.3 Å². The highest BCUT2D eigenvalue weighted by Gasteiger charge is 2.41. The number of rotatable bonds is 1. The van der Waals surface area contributed by atoms with Crippen LogP contribution in [0, 0.1) is 6.92 Å². The number of hydrogen-bond donors (Lipinski definition) is 0. The molecule has 0 radical (unpaired) electrons. The summed E-state index contributed by atoms with van der Waals surface area (Å²) < 4.78 is 0. The Balaban J connectivity index is 2.25. The van der Waals surface area contributed by atoms with E-state index < -0.39 is 0 Å². The van der Waals surface area contributed by atoms with Crippen molar-refractivity contribution in [1.82, 2.24) is 0 Å². The molecule has 0 fully saturated rings. The predicted molar refractivity (Wildman–Crippen MR) is 78.0 cm³/mol. The fourth-order valence-corrected chi connectivity index (χ4v) is 3.35. The fourth-order valence-electron chi connectivity index (χ4n) is 3.02. The zero-order valence-electron chi connectivity index (χ0n) is 11.0. The summed E-state index contributed by atoms with van der Waals surface area (Å²) in [4.78, 5) is 12.2. The SMILES string of the molecule is Cc1ccc(Cl)c(C2(C)CC(=O)c3ccccc32)c1. The molecule has 1 nitrogen and oxygen atoms in total. The first-order valence-electron chi connectivity index (χ1n) is 6.42. The highest BCUT2D eigenvalue weighted by molar-refractivity contribution is 6.31. The quantitative estimate of drug-likeness (QED) is 0.743. The standard InChI is InChI=1S/C17H15ClO/c1-11-7-8-15(18)14(9-11)17(2)10-16(19)12-5-3-4-6-13(12)17/h3-9H,10H2,1-2H3. The van der Waals surface area contributed by atoms with Crippen molar-refractivity contribution in [1.29, 1.82) is 0 Å². The second-order valence-electron chi connectivity index (χ2n) is 5.46. The van der Waals surface area contributed by atoms with Crippen molar-refractivity contribution in [3.05, 3.63) is 69.7 Å². The van der Waals surface area contributed by atoms with Crippen LogP contribution in [0.1, 0.15) is 40.4 Å². The summed E-state index contributed by atoms with van der Waals surface area (Å²) >= 11 is 6.37. The maximum atomic E-state index is 12.2. The van der Waals surface area contributed by atoms with Gasteiger partial charge in [0.05, 0.1) is 0 Å². The number of aryl methyl sites for hydroxylation is 1. The van der Waals surface area contributed by atoms with Crippen LogP contribution in [-0.4, -0.2) is 5.78 Å². The summed E-state index contributed by atoms with van der Waals surface area (Å²) in [5, 5.41) is 0.734. The van der Waals surface area contributed by atoms with Crippen molar-refractivity contribution < 1.29 is 4.79 Å². The lowest BCUT2D eigenvalue weighted by molar-refractivity contribution is 0.0982. The van der Waals surface area contributed by atoms with Gasteiger partial charge < -0.3 is 0 Å². The van der Waals surface area contributed by atoms with Crippen LogP contribution in [0.15, 0.2) is 42.5 Å². The van der Waals surface area contributed by atoms with Crippen molar-refractivity contribution >= 4 is 17.4 Å². The van der Waals surface area contributed by atoms with E-state index in [9.17, 15) is 4.79 Å². The van der Waals surface area contributed by atoms with Crippen LogP contribution < -0.4 is 0 Å². The van der Waals surface area contributed by atoms with Crippen molar-refractivity contribution in [3.8, 4) is 0 Å². The average Bonchev–Trinajstić information content (AvgIpc) is 2.66. The number of benzene rings is 2. The van der Waals surface area contributed by atoms with Crippen molar-refractivity contribution in [2.24, 2.45) is 0 Å². The minimum absolute atomic E-state index is 0.204. The van der Waals surface area contributed by atoms with Crippen molar-refractivity contribution in [3.63, 3.8) is 0 Å². The largest absolute Gasteiger partial charge is 0.294 e. The molecule has 2 aromatic carbocycles. The Hall–Kier alpha value is -1.60. The normalized spacial score (nSPS) is 21.5. The molecule has 96 valence electrons. The van der Waals surface area contributed by atoms with Gasteiger partial charge >= 0.3 is 0 Å². The molecule has 0 heterocycles. The Morgan fingerprint density at radius 1 is 1.11 bits per heavy atom. The van der Waals surface area contributed by atoms with E-state index in [1.54, 1.807) is 0 Å². The van der Waals surface area contributed by atoms with Crippen LogP contribution in [0.3, 0.4) is 0 Å². The Bertz CT molecular complexity index is 675. The molecular weight excluding hydrogens is 256 g/mol. The summed E-state index contributed by atoms with van der Waals surface area (Å²) in [6.45, 7) is 4.16. The molecule has 0 aliphatic heterocycles. The zero-order valence-corrected chi connectivity index (χ0v) is 11.8. The van der Waals surface area contributed by atoms with Crippen LogP contribution in [0.25, 0.3) is 0 Å². The van der Waals surface area contributed by atoms with Gasteiger partial charge in [0.25, 0.3) is 0 Å². The van der Waals surface area contributed by atoms with E-state index >= 15 is 0 Å². The van der Waals surface area contributed by atoms with Gasteiger partial charge in [0, 0.05) is 22.4 Å². The summed E-state index contributed by atoms with van der Waals surface area (Å²) in [5.74, 6) is 0.204. The number of ketones is 1. The lowest BCUT2D eigenvalue weighted by atomic mass is 9.77. The number of fused-ring (bicyclic) bond motifs is 1. The third-order valence-corrected chi connectivity index (χ3v) is 4.38. The van der Waals surface area contributed by atoms with E-state index in [4.69, 9.17) is 11.6 Å². The van der Waals surface area contributed by atoms with Gasteiger partial charge in [0.2, 0.25) is 0 Å². The third kappa shape index (κ3) is 1.81. The van der Waals surface area contributed by atoms with E-state index in [1.165, 1.54) is 0 Å². The number of halogens is 1. The molecular formula is C17H15ClO. The first-order valence-corrected chi connectivity index (χ1v) is 6.79. The Kier molecular flexibility index (Phi) is 2.75. The number of hydrogen-bond acceptors (Lipinski definition) is 1. The minimum Gasteiger partial charge on any atom is -0.294 e. The van der Waals surface area contributed by atoms with E-state index in [0.29, 0.717) is 6.42 Å². The summed E-state index contributed by atoms with van der Waals surface area (Å²) in [6.07, 6.45) is 0.496. The summed E-state index contributed by atoms with van der Waals surface area (Å²) in [6, 6.07) is 13.9. The molecule has 1 atom stereocenters. The molecule has 1 unspecified atom stereocenters. The third-order valence-electron chi connectivity index (χ3n) is 4.05. The van der Waals surface area contributed by atoms with Gasteiger partial charge in [-0.3, -0.25) is 4.79 Å². The first kappa shape index (κ1) is 12.4. The van der Waals surface area contributed by atoms with Gasteiger partial charge in [-0.05, 0) is 24.1 Å². The average molecular weight is 271 g/mol. The van der Waals surface area contributed by atoms with E-state index in [0.717, 1.165) is 27.3 Å². The van der Waals surface area contributed by atoms with Crippen LogP contribution in [0.2, 0.25) is 5.02 Å². The molecule has 0 amide bonds. The first-order chi connectivity index (χ1) is 9.02. The maximum Gasteiger partial charge on any atom is 0.164 e. The lowest BCUT2D eigenvalue weighted by Gasteiger charge is -2.27. The zero-order chi connectivity index (χ0) is 13.6. The molecule has 0 spiro atoms. The molecule has 0 saturated carbocycles. The Morgan fingerprint density at radius 2 is 1.84 bits per heavy atom. The molecule has 2 aromatic rings. The molecule has 0 aromatic heterocycles. The Morgan fingerprint density at radius 3 is 2.63 bits per heavy atom. The summed E-state index contributed by atoms with van der Waals surface area (Å²) in [5.41, 5.74) is 3.83. The highest BCUT2D eigenvalue weighted by Crippen LogP contribution is 2.46. The summed E-state index contributed by atoms with van der Waals surface area (Å²) in [7, 11) is 0. The van der Waals surface area contributed by atoms with Gasteiger partial charge in [-0.25, -0.2) is 0 Å². The number of Topliss-reactive ketones (excluding diaryl/α,β-unsaturated/α-hetero) is 1. The number of carbonyl (C=O) groups is 1. The van der Waals surface area contributed by atoms with Gasteiger partial charge in [-0.2, -0.15) is 0 Å². The highest BCUT2D eigenvalue weighted by atomic mass is 35.5. The molecule has 2 heteroatoms. The van der Waals surface area contributed by atoms with Crippen LogP contribution in [-0.2, 0) is 5.41 Å². The van der Waals surface area contributed by atoms with E-state index in [2.05, 4.69) is 13.0 Å².